The van der Waals surface area contributed by atoms with E-state index < -0.39 is 14.2 Å². The Hall–Kier alpha value is -1.37. The van der Waals surface area contributed by atoms with Crippen molar-refractivity contribution < 1.29 is 18.7 Å². The van der Waals surface area contributed by atoms with Crippen LogP contribution in [0.5, 0.6) is 5.75 Å². The second-order valence-corrected chi connectivity index (χ2v) is 13.2. The summed E-state index contributed by atoms with van der Waals surface area (Å²) in [4.78, 5) is 11.8. The molecule has 1 rings (SSSR count). The van der Waals surface area contributed by atoms with E-state index in [0.29, 0.717) is 6.61 Å². The molecule has 6 heteroatoms. The van der Waals surface area contributed by atoms with Gasteiger partial charge in [0, 0.05) is 0 Å². The van der Waals surface area contributed by atoms with E-state index in [1.165, 1.54) is 0 Å². The normalized spacial score (nSPS) is 16.0. The van der Waals surface area contributed by atoms with Crippen LogP contribution >= 0.6 is 0 Å². The van der Waals surface area contributed by atoms with E-state index in [-0.39, 0.29) is 23.2 Å². The average molecular weight is 382 g/mol. The van der Waals surface area contributed by atoms with Crippen molar-refractivity contribution in [3.05, 3.63) is 29.8 Å². The summed E-state index contributed by atoms with van der Waals surface area (Å²) in [5, 5.41) is 0.0400. The van der Waals surface area contributed by atoms with Gasteiger partial charge in [0.15, 0.2) is 8.32 Å². The van der Waals surface area contributed by atoms with Crippen molar-refractivity contribution in [2.45, 2.75) is 71.6 Å². The third-order valence-electron chi connectivity index (χ3n) is 5.31. The Bertz CT molecular complexity index is 580. The molecule has 3 atom stereocenters. The number of ether oxygens (including phenoxy) is 2. The first kappa shape index (κ1) is 22.7. The molecule has 0 bridgehead atoms. The van der Waals surface area contributed by atoms with E-state index in [1.54, 1.807) is 7.11 Å². The van der Waals surface area contributed by atoms with Crippen LogP contribution in [-0.2, 0) is 20.6 Å². The molecule has 1 amide bonds. The van der Waals surface area contributed by atoms with Crippen LogP contribution in [0.4, 0.5) is 0 Å². The van der Waals surface area contributed by atoms with Crippen LogP contribution in [0, 0.1) is 5.92 Å². The maximum Gasteiger partial charge on any atom is 0.222 e. The molecule has 26 heavy (non-hydrogen) atoms. The Morgan fingerprint density at radius 1 is 1.15 bits per heavy atom. The highest BCUT2D eigenvalue weighted by atomic mass is 28.4. The van der Waals surface area contributed by atoms with Gasteiger partial charge in [-0.3, -0.25) is 4.79 Å². The second kappa shape index (κ2) is 9.02. The SMILES string of the molecule is COc1ccc(COC(C)C(O[Si](C)(C)C(C)(C)C)[C@H](C)C(N)=O)cc1. The predicted molar refractivity (Wildman–Crippen MR) is 108 cm³/mol. The first-order valence-corrected chi connectivity index (χ1v) is 12.0. The number of methoxy groups -OCH3 is 1. The largest absolute Gasteiger partial charge is 0.497 e. The number of amides is 1. The number of hydrogen-bond acceptors (Lipinski definition) is 4. The fourth-order valence-electron chi connectivity index (χ4n) is 2.33. The lowest BCUT2D eigenvalue weighted by Crippen LogP contribution is -2.51. The Balaban J connectivity index is 2.86. The van der Waals surface area contributed by atoms with Crippen LogP contribution in [-0.4, -0.2) is 33.5 Å². The Kier molecular flexibility index (Phi) is 7.86. The molecule has 0 spiro atoms. The maximum atomic E-state index is 11.8. The lowest BCUT2D eigenvalue weighted by Gasteiger charge is -2.42. The average Bonchev–Trinajstić information content (AvgIpc) is 2.56. The van der Waals surface area contributed by atoms with Gasteiger partial charge in [-0.25, -0.2) is 0 Å². The molecule has 148 valence electrons. The molecule has 0 saturated heterocycles. The van der Waals surface area contributed by atoms with Crippen molar-refractivity contribution in [1.82, 2.24) is 0 Å². The summed E-state index contributed by atoms with van der Waals surface area (Å²) in [6, 6.07) is 7.73. The summed E-state index contributed by atoms with van der Waals surface area (Å²) in [6.07, 6.45) is -0.625. The monoisotopic (exact) mass is 381 g/mol. The van der Waals surface area contributed by atoms with Gasteiger partial charge in [0.05, 0.1) is 31.8 Å². The number of primary amides is 1. The van der Waals surface area contributed by atoms with Crippen LogP contribution in [0.3, 0.4) is 0 Å². The molecule has 0 aliphatic heterocycles. The Morgan fingerprint density at radius 3 is 2.12 bits per heavy atom. The predicted octanol–water partition coefficient (Wildman–Crippen LogP) is 4.11. The van der Waals surface area contributed by atoms with Crippen molar-refractivity contribution in [3.8, 4) is 5.75 Å². The molecule has 0 heterocycles. The molecule has 1 aromatic carbocycles. The third kappa shape index (κ3) is 6.11. The zero-order chi connectivity index (χ0) is 20.1. The summed E-state index contributed by atoms with van der Waals surface area (Å²) in [5.74, 6) is 0.0203. The van der Waals surface area contributed by atoms with E-state index in [9.17, 15) is 4.79 Å². The summed E-state index contributed by atoms with van der Waals surface area (Å²) < 4.78 is 17.7. The zero-order valence-corrected chi connectivity index (χ0v) is 18.5. The molecule has 0 saturated carbocycles. The molecule has 0 aromatic heterocycles. The highest BCUT2D eigenvalue weighted by Crippen LogP contribution is 2.38. The molecule has 0 aliphatic rings. The van der Waals surface area contributed by atoms with Gasteiger partial charge in [0.25, 0.3) is 0 Å². The topological polar surface area (TPSA) is 70.8 Å². The molecule has 2 N–H and O–H groups in total. The summed E-state index contributed by atoms with van der Waals surface area (Å²) >= 11 is 0. The van der Waals surface area contributed by atoms with Crippen LogP contribution < -0.4 is 10.5 Å². The first-order chi connectivity index (χ1) is 11.9. The standard InChI is InChI=1S/C20H35NO4Si/c1-14(19(21)22)18(25-26(7,8)20(3,4)5)15(2)24-13-16-9-11-17(23-6)12-10-16/h9-12,14-15,18H,13H2,1-8H3,(H2,21,22)/t14-,15?,18?/m0/s1. The van der Waals surface area contributed by atoms with Gasteiger partial charge in [0.2, 0.25) is 5.91 Å². The minimum Gasteiger partial charge on any atom is -0.497 e. The van der Waals surface area contributed by atoms with E-state index in [4.69, 9.17) is 19.6 Å². The molecular formula is C20H35NO4Si. The van der Waals surface area contributed by atoms with Crippen LogP contribution in [0.2, 0.25) is 18.1 Å². The fraction of sp³-hybridized carbons (Fsp3) is 0.650. The Labute approximate surface area is 159 Å². The van der Waals surface area contributed by atoms with Crippen molar-refractivity contribution in [3.63, 3.8) is 0 Å². The molecule has 0 fully saturated rings. The minimum absolute atomic E-state index is 0.0400. The summed E-state index contributed by atoms with van der Waals surface area (Å²) in [6.45, 7) is 15.1. The third-order valence-corrected chi connectivity index (χ3v) is 9.79. The molecule has 2 unspecified atom stereocenters. The van der Waals surface area contributed by atoms with E-state index in [1.807, 2.05) is 38.1 Å². The fourth-order valence-corrected chi connectivity index (χ4v) is 3.76. The van der Waals surface area contributed by atoms with Crippen LogP contribution in [0.15, 0.2) is 24.3 Å². The van der Waals surface area contributed by atoms with Crippen molar-refractivity contribution in [1.29, 1.82) is 0 Å². The number of benzene rings is 1. The number of carbonyl (C=O) groups excluding carboxylic acids is 1. The summed E-state index contributed by atoms with van der Waals surface area (Å²) in [7, 11) is -0.424. The number of carbonyl (C=O) groups is 1. The lowest BCUT2D eigenvalue weighted by atomic mass is 10.00. The quantitative estimate of drug-likeness (QED) is 0.653. The summed E-state index contributed by atoms with van der Waals surface area (Å²) in [5.41, 5.74) is 6.61. The van der Waals surface area contributed by atoms with Gasteiger partial charge in [-0.05, 0) is 42.8 Å². The van der Waals surface area contributed by atoms with Gasteiger partial charge in [-0.1, -0.05) is 39.8 Å². The minimum atomic E-state index is -2.06. The van der Waals surface area contributed by atoms with Gasteiger partial charge in [-0.15, -0.1) is 0 Å². The smallest absolute Gasteiger partial charge is 0.222 e. The van der Waals surface area contributed by atoms with Crippen molar-refractivity contribution in [2.75, 3.05) is 7.11 Å². The molecule has 0 radical (unpaired) electrons. The van der Waals surface area contributed by atoms with Crippen LogP contribution in [0.25, 0.3) is 0 Å². The zero-order valence-electron chi connectivity index (χ0n) is 17.5. The lowest BCUT2D eigenvalue weighted by molar-refractivity contribution is -0.128. The van der Waals surface area contributed by atoms with E-state index in [2.05, 4.69) is 33.9 Å². The molecule has 1 aromatic rings. The van der Waals surface area contributed by atoms with Crippen molar-refractivity contribution >= 4 is 14.2 Å². The number of hydrogen-bond donors (Lipinski definition) is 1. The van der Waals surface area contributed by atoms with Crippen molar-refractivity contribution in [2.24, 2.45) is 11.7 Å². The molecule has 0 aliphatic carbocycles. The first-order valence-electron chi connectivity index (χ1n) is 9.10. The van der Waals surface area contributed by atoms with Gasteiger partial charge < -0.3 is 19.6 Å². The van der Waals surface area contributed by atoms with Gasteiger partial charge in [-0.2, -0.15) is 0 Å². The maximum absolute atomic E-state index is 11.8. The highest BCUT2D eigenvalue weighted by Gasteiger charge is 2.42. The number of rotatable bonds is 9. The van der Waals surface area contributed by atoms with E-state index >= 15 is 0 Å². The van der Waals surface area contributed by atoms with Gasteiger partial charge in [0.1, 0.15) is 5.75 Å². The van der Waals surface area contributed by atoms with Crippen LogP contribution in [0.1, 0.15) is 40.2 Å². The molecule has 5 nitrogen and oxygen atoms in total. The molecular weight excluding hydrogens is 346 g/mol. The van der Waals surface area contributed by atoms with Gasteiger partial charge >= 0.3 is 0 Å². The van der Waals surface area contributed by atoms with E-state index in [0.717, 1.165) is 11.3 Å². The number of nitrogens with two attached hydrogens (primary N) is 1. The Morgan fingerprint density at radius 2 is 1.69 bits per heavy atom. The highest BCUT2D eigenvalue weighted by molar-refractivity contribution is 6.74. The second-order valence-electron chi connectivity index (χ2n) is 8.40.